The molecule has 158 valence electrons. The second-order valence-electron chi connectivity index (χ2n) is 7.55. The lowest BCUT2D eigenvalue weighted by atomic mass is 10.0. The zero-order chi connectivity index (χ0) is 22.1. The maximum Gasteiger partial charge on any atom is 0.275 e. The van der Waals surface area contributed by atoms with E-state index in [2.05, 4.69) is 34.4 Å². The van der Waals surface area contributed by atoms with E-state index >= 15 is 0 Å². The molecule has 1 amide bonds. The maximum atomic E-state index is 12.8. The van der Waals surface area contributed by atoms with Gasteiger partial charge in [-0.3, -0.25) is 9.59 Å². The highest BCUT2D eigenvalue weighted by Gasteiger charge is 2.11. The number of hydrogen-bond acceptors (Lipinski definition) is 4. The summed E-state index contributed by atoms with van der Waals surface area (Å²) >= 11 is 1.39. The molecular formula is C25H20N4O2S. The van der Waals surface area contributed by atoms with Crippen molar-refractivity contribution in [1.82, 2.24) is 14.3 Å². The van der Waals surface area contributed by atoms with Crippen LogP contribution in [0.25, 0.3) is 21.5 Å². The van der Waals surface area contributed by atoms with Crippen molar-refractivity contribution in [2.75, 3.05) is 0 Å². The monoisotopic (exact) mass is 440 g/mol. The van der Waals surface area contributed by atoms with E-state index < -0.39 is 5.91 Å². The van der Waals surface area contributed by atoms with Gasteiger partial charge in [-0.1, -0.05) is 60.7 Å². The van der Waals surface area contributed by atoms with Gasteiger partial charge in [-0.2, -0.15) is 10.1 Å². The van der Waals surface area contributed by atoms with Gasteiger partial charge in [0.1, 0.15) is 6.54 Å². The molecule has 7 heteroatoms. The van der Waals surface area contributed by atoms with Crippen LogP contribution in [0.2, 0.25) is 0 Å². The molecule has 32 heavy (non-hydrogen) atoms. The summed E-state index contributed by atoms with van der Waals surface area (Å²) < 4.78 is 3.15. The Morgan fingerprint density at radius 2 is 1.69 bits per heavy atom. The second-order valence-corrected chi connectivity index (χ2v) is 8.42. The molecule has 0 aliphatic heterocycles. The van der Waals surface area contributed by atoms with E-state index in [0.29, 0.717) is 22.4 Å². The molecule has 0 aliphatic rings. The van der Waals surface area contributed by atoms with Crippen molar-refractivity contribution >= 4 is 38.8 Å². The van der Waals surface area contributed by atoms with Gasteiger partial charge in [-0.05, 0) is 29.3 Å². The molecule has 0 radical (unpaired) electrons. The normalized spacial score (nSPS) is 12.0. The molecule has 5 aromatic rings. The third kappa shape index (κ3) is 3.78. The largest absolute Gasteiger partial charge is 0.319 e. The first-order valence-electron chi connectivity index (χ1n) is 10.2. The van der Waals surface area contributed by atoms with Gasteiger partial charge in [0.05, 0.1) is 17.6 Å². The quantitative estimate of drug-likeness (QED) is 0.426. The third-order valence-electron chi connectivity index (χ3n) is 5.44. The molecule has 0 aliphatic carbocycles. The van der Waals surface area contributed by atoms with E-state index in [4.69, 9.17) is 0 Å². The van der Waals surface area contributed by atoms with E-state index in [1.165, 1.54) is 26.8 Å². The third-order valence-corrected chi connectivity index (χ3v) is 6.23. The van der Waals surface area contributed by atoms with Gasteiger partial charge in [-0.15, -0.1) is 11.3 Å². The topological polar surface area (TPSA) is 69.2 Å². The lowest BCUT2D eigenvalue weighted by Gasteiger charge is -2.08. The molecular weight excluding hydrogens is 420 g/mol. The predicted octanol–water partition coefficient (Wildman–Crippen LogP) is 3.90. The van der Waals surface area contributed by atoms with Crippen molar-refractivity contribution in [2.24, 2.45) is 4.99 Å². The number of benzene rings is 3. The zero-order valence-electron chi connectivity index (χ0n) is 17.4. The van der Waals surface area contributed by atoms with Crippen LogP contribution in [0, 0.1) is 6.92 Å². The number of carbonyl (C=O) groups excluding carboxylic acids is 1. The number of hydrogen-bond donors (Lipinski definition) is 0. The molecule has 0 N–H and O–H groups in total. The smallest absolute Gasteiger partial charge is 0.275 e. The highest BCUT2D eigenvalue weighted by atomic mass is 32.1. The van der Waals surface area contributed by atoms with Crippen LogP contribution in [-0.2, 0) is 17.9 Å². The van der Waals surface area contributed by atoms with Crippen molar-refractivity contribution in [3.8, 4) is 0 Å². The molecule has 5 rings (SSSR count). The number of rotatable bonds is 4. The van der Waals surface area contributed by atoms with E-state index in [0.717, 1.165) is 10.9 Å². The lowest BCUT2D eigenvalue weighted by molar-refractivity contribution is -0.118. The minimum absolute atomic E-state index is 0.198. The molecule has 0 saturated heterocycles. The fraction of sp³-hybridized carbons (Fsp3) is 0.120. The molecule has 6 nitrogen and oxygen atoms in total. The average molecular weight is 441 g/mol. The van der Waals surface area contributed by atoms with Gasteiger partial charge in [0.2, 0.25) is 0 Å². The molecule has 0 bridgehead atoms. The fourth-order valence-corrected chi connectivity index (χ4v) is 4.65. The first-order chi connectivity index (χ1) is 15.6. The number of thiazole rings is 1. The highest BCUT2D eigenvalue weighted by molar-refractivity contribution is 7.07. The summed E-state index contributed by atoms with van der Waals surface area (Å²) in [5.41, 5.74) is 1.57. The summed E-state index contributed by atoms with van der Waals surface area (Å²) in [6.07, 6.45) is 1.92. The average Bonchev–Trinajstić information content (AvgIpc) is 3.24. The molecule has 0 fully saturated rings. The van der Waals surface area contributed by atoms with Crippen molar-refractivity contribution in [3.05, 3.63) is 105 Å². The van der Waals surface area contributed by atoms with Crippen LogP contribution in [-0.4, -0.2) is 20.3 Å². The maximum absolute atomic E-state index is 12.8. The highest BCUT2D eigenvalue weighted by Crippen LogP contribution is 2.19. The summed E-state index contributed by atoms with van der Waals surface area (Å²) in [5.74, 6) is -0.414. The van der Waals surface area contributed by atoms with Gasteiger partial charge in [0.25, 0.3) is 11.5 Å². The van der Waals surface area contributed by atoms with E-state index in [1.807, 2.05) is 59.5 Å². The summed E-state index contributed by atoms with van der Waals surface area (Å²) in [5, 5.41) is 9.91. The van der Waals surface area contributed by atoms with E-state index in [-0.39, 0.29) is 12.1 Å². The number of aryl methyl sites for hydroxylation is 1. The Balaban J connectivity index is 1.45. The SMILES string of the molecule is Cc1nn(CC(=O)N=c2sccn2Cc2cccc3ccccc23)c(=O)c2ccccc12. The zero-order valence-corrected chi connectivity index (χ0v) is 18.2. The van der Waals surface area contributed by atoms with Gasteiger partial charge in [0.15, 0.2) is 4.80 Å². The summed E-state index contributed by atoms with van der Waals surface area (Å²) in [4.78, 5) is 30.4. The van der Waals surface area contributed by atoms with Crippen LogP contribution in [0.1, 0.15) is 11.3 Å². The Morgan fingerprint density at radius 3 is 2.53 bits per heavy atom. The Hall–Kier alpha value is -3.84. The number of carbonyl (C=O) groups is 1. The molecule has 0 atom stereocenters. The molecule has 0 saturated carbocycles. The molecule has 2 heterocycles. The van der Waals surface area contributed by atoms with Crippen molar-refractivity contribution < 1.29 is 4.79 Å². The van der Waals surface area contributed by atoms with Gasteiger partial charge < -0.3 is 4.57 Å². The van der Waals surface area contributed by atoms with Gasteiger partial charge in [0, 0.05) is 17.0 Å². The molecule has 3 aromatic carbocycles. The Bertz CT molecular complexity index is 1590. The summed E-state index contributed by atoms with van der Waals surface area (Å²) in [6, 6.07) is 21.7. The van der Waals surface area contributed by atoms with Crippen molar-refractivity contribution in [1.29, 1.82) is 0 Å². The van der Waals surface area contributed by atoms with Crippen LogP contribution in [0.3, 0.4) is 0 Å². The minimum Gasteiger partial charge on any atom is -0.319 e. The van der Waals surface area contributed by atoms with Crippen molar-refractivity contribution in [3.63, 3.8) is 0 Å². The predicted molar refractivity (Wildman–Crippen MR) is 127 cm³/mol. The minimum atomic E-state index is -0.414. The number of aromatic nitrogens is 3. The molecule has 2 aromatic heterocycles. The standard InChI is InChI=1S/C25H20N4O2S/c1-17-20-10-4-5-12-22(20)24(31)29(27-17)16-23(30)26-25-28(13-14-32-25)15-19-9-6-8-18-7-2-3-11-21(18)19/h2-14H,15-16H2,1H3. The van der Waals surface area contributed by atoms with Crippen LogP contribution < -0.4 is 10.4 Å². The Morgan fingerprint density at radius 1 is 0.969 bits per heavy atom. The van der Waals surface area contributed by atoms with Crippen LogP contribution in [0.15, 0.2) is 88.1 Å². The van der Waals surface area contributed by atoms with Crippen LogP contribution in [0.5, 0.6) is 0 Å². The van der Waals surface area contributed by atoms with Crippen LogP contribution >= 0.6 is 11.3 Å². The lowest BCUT2D eigenvalue weighted by Crippen LogP contribution is -2.28. The summed E-state index contributed by atoms with van der Waals surface area (Å²) in [7, 11) is 0. The van der Waals surface area contributed by atoms with Crippen molar-refractivity contribution in [2.45, 2.75) is 20.0 Å². The second kappa shape index (κ2) is 8.36. The van der Waals surface area contributed by atoms with Gasteiger partial charge >= 0.3 is 0 Å². The first kappa shape index (κ1) is 20.1. The molecule has 0 unspecified atom stereocenters. The number of amides is 1. The van der Waals surface area contributed by atoms with Gasteiger partial charge in [-0.25, -0.2) is 4.68 Å². The van der Waals surface area contributed by atoms with E-state index in [9.17, 15) is 9.59 Å². The number of fused-ring (bicyclic) bond motifs is 2. The van der Waals surface area contributed by atoms with E-state index in [1.54, 1.807) is 6.07 Å². The Labute approximate surface area is 187 Å². The summed E-state index contributed by atoms with van der Waals surface area (Å²) in [6.45, 7) is 2.23. The first-order valence-corrected chi connectivity index (χ1v) is 11.1. The molecule has 0 spiro atoms. The fourth-order valence-electron chi connectivity index (χ4n) is 3.90. The number of nitrogens with zero attached hydrogens (tertiary/aromatic N) is 4. The Kier molecular flexibility index (Phi) is 5.25. The van der Waals surface area contributed by atoms with Crippen LogP contribution in [0.4, 0.5) is 0 Å².